The van der Waals surface area contributed by atoms with E-state index in [4.69, 9.17) is 0 Å². The van der Waals surface area contributed by atoms with E-state index in [1.165, 1.54) is 17.0 Å². The molecule has 11 heteroatoms. The number of likely N-dealkylation sites (tertiary alicyclic amines) is 1. The number of nitrogens with zero attached hydrogens (tertiary/aromatic N) is 4. The van der Waals surface area contributed by atoms with Crippen LogP contribution in [0.5, 0.6) is 0 Å². The van der Waals surface area contributed by atoms with Crippen molar-refractivity contribution in [1.82, 2.24) is 25.2 Å². The zero-order valence-electron chi connectivity index (χ0n) is 14.2. The highest BCUT2D eigenvalue weighted by atomic mass is 19.4. The molecule has 4 rings (SSSR count). The second-order valence-electron chi connectivity index (χ2n) is 6.37. The third-order valence-electron chi connectivity index (χ3n) is 4.47. The zero-order valence-corrected chi connectivity index (χ0v) is 14.2. The number of halogens is 4. The van der Waals surface area contributed by atoms with E-state index in [-0.39, 0.29) is 29.8 Å². The molecule has 1 N–H and O–H groups in total. The van der Waals surface area contributed by atoms with Gasteiger partial charge in [0.05, 0.1) is 5.69 Å². The first-order valence-electron chi connectivity index (χ1n) is 8.32. The predicted octanol–water partition coefficient (Wildman–Crippen LogP) is 3.25. The Bertz CT molecular complexity index is 996. The third kappa shape index (κ3) is 3.47. The number of alkyl halides is 3. The SMILES string of the molecule is O=C(c1cc(-c2ccc(F)cc2)n[nH]1)N1CC[C@H](c2noc(C(F)(F)F)n2)C1. The third-order valence-corrected chi connectivity index (χ3v) is 4.47. The number of carbonyl (C=O) groups is 1. The van der Waals surface area contributed by atoms with E-state index in [2.05, 4.69) is 24.9 Å². The number of aromatic amines is 1. The van der Waals surface area contributed by atoms with Gasteiger partial charge in [0.25, 0.3) is 5.91 Å². The van der Waals surface area contributed by atoms with Gasteiger partial charge in [-0.3, -0.25) is 9.89 Å². The average molecular weight is 395 g/mol. The normalized spacial score (nSPS) is 17.3. The van der Waals surface area contributed by atoms with Crippen molar-refractivity contribution in [3.63, 3.8) is 0 Å². The number of benzene rings is 1. The number of nitrogens with one attached hydrogen (secondary N) is 1. The Hall–Kier alpha value is -3.24. The summed E-state index contributed by atoms with van der Waals surface area (Å²) in [5.74, 6) is -2.64. The van der Waals surface area contributed by atoms with Crippen molar-refractivity contribution in [2.24, 2.45) is 0 Å². The fraction of sp³-hybridized carbons (Fsp3) is 0.294. The lowest BCUT2D eigenvalue weighted by Gasteiger charge is -2.14. The van der Waals surface area contributed by atoms with Crippen molar-refractivity contribution in [2.45, 2.75) is 18.5 Å². The van der Waals surface area contributed by atoms with Gasteiger partial charge in [0.1, 0.15) is 11.5 Å². The molecule has 0 saturated carbocycles. The minimum absolute atomic E-state index is 0.0702. The molecule has 0 bridgehead atoms. The summed E-state index contributed by atoms with van der Waals surface area (Å²) in [6, 6.07) is 7.20. The topological polar surface area (TPSA) is 87.9 Å². The molecule has 3 heterocycles. The first-order valence-corrected chi connectivity index (χ1v) is 8.32. The molecule has 3 aromatic rings. The van der Waals surface area contributed by atoms with E-state index in [0.717, 1.165) is 0 Å². The fourth-order valence-corrected chi connectivity index (χ4v) is 3.04. The smallest absolute Gasteiger partial charge is 0.337 e. The Morgan fingerprint density at radius 2 is 2.00 bits per heavy atom. The largest absolute Gasteiger partial charge is 0.471 e. The van der Waals surface area contributed by atoms with Gasteiger partial charge in [0.2, 0.25) is 0 Å². The number of aromatic nitrogens is 4. The molecule has 1 saturated heterocycles. The van der Waals surface area contributed by atoms with Crippen LogP contribution in [0.1, 0.15) is 34.5 Å². The molecule has 1 aliphatic heterocycles. The molecule has 0 unspecified atom stereocenters. The van der Waals surface area contributed by atoms with Gasteiger partial charge < -0.3 is 9.42 Å². The van der Waals surface area contributed by atoms with Crippen LogP contribution in [0.25, 0.3) is 11.3 Å². The Balaban J connectivity index is 1.45. The van der Waals surface area contributed by atoms with Crippen LogP contribution in [0.2, 0.25) is 0 Å². The Kier molecular flexibility index (Phi) is 4.36. The minimum atomic E-state index is -4.70. The summed E-state index contributed by atoms with van der Waals surface area (Å²) in [7, 11) is 0. The molecule has 146 valence electrons. The standard InChI is InChI=1S/C17H13F4N5O2/c18-11-3-1-9(2-4-11)12-7-13(24-23-12)15(27)26-6-5-10(8-26)14-22-16(28-25-14)17(19,20)21/h1-4,7,10H,5-6,8H2,(H,23,24)/t10-/m0/s1. The van der Waals surface area contributed by atoms with E-state index < -0.39 is 18.0 Å². The monoisotopic (exact) mass is 395 g/mol. The number of hydrogen-bond donors (Lipinski definition) is 1. The van der Waals surface area contributed by atoms with Crippen LogP contribution < -0.4 is 0 Å². The van der Waals surface area contributed by atoms with Gasteiger partial charge in [-0.25, -0.2) is 4.39 Å². The molecule has 1 fully saturated rings. The summed E-state index contributed by atoms with van der Waals surface area (Å²) in [4.78, 5) is 17.5. The molecule has 28 heavy (non-hydrogen) atoms. The maximum atomic E-state index is 13.0. The van der Waals surface area contributed by atoms with Crippen molar-refractivity contribution in [1.29, 1.82) is 0 Å². The van der Waals surface area contributed by atoms with E-state index in [1.54, 1.807) is 18.2 Å². The molecule has 0 aliphatic carbocycles. The van der Waals surface area contributed by atoms with Gasteiger partial charge in [-0.15, -0.1) is 0 Å². The number of rotatable bonds is 3. The number of carbonyl (C=O) groups excluding carboxylic acids is 1. The van der Waals surface area contributed by atoms with Crippen LogP contribution in [-0.4, -0.2) is 44.2 Å². The number of hydrogen-bond acceptors (Lipinski definition) is 5. The Labute approximate surface area is 155 Å². The zero-order chi connectivity index (χ0) is 19.9. The lowest BCUT2D eigenvalue weighted by atomic mass is 10.1. The van der Waals surface area contributed by atoms with Crippen LogP contribution in [0.15, 0.2) is 34.9 Å². The Morgan fingerprint density at radius 3 is 2.68 bits per heavy atom. The molecule has 0 spiro atoms. The lowest BCUT2D eigenvalue weighted by molar-refractivity contribution is -0.159. The second kappa shape index (κ2) is 6.73. The average Bonchev–Trinajstić information content (AvgIpc) is 3.39. The van der Waals surface area contributed by atoms with E-state index in [0.29, 0.717) is 24.2 Å². The summed E-state index contributed by atoms with van der Waals surface area (Å²) in [5, 5.41) is 10.1. The van der Waals surface area contributed by atoms with Crippen molar-refractivity contribution < 1.29 is 26.9 Å². The second-order valence-corrected chi connectivity index (χ2v) is 6.37. The van der Waals surface area contributed by atoms with Gasteiger partial charge in [0.15, 0.2) is 5.82 Å². The molecule has 0 radical (unpaired) electrons. The number of H-pyrrole nitrogens is 1. The first-order chi connectivity index (χ1) is 13.3. The van der Waals surface area contributed by atoms with Gasteiger partial charge in [-0.05, 0) is 36.8 Å². The molecular formula is C17H13F4N5O2. The molecule has 1 aliphatic rings. The Morgan fingerprint density at radius 1 is 1.25 bits per heavy atom. The van der Waals surface area contributed by atoms with Crippen molar-refractivity contribution in [3.8, 4) is 11.3 Å². The number of amides is 1. The van der Waals surface area contributed by atoms with Gasteiger partial charge in [0, 0.05) is 24.6 Å². The quantitative estimate of drug-likeness (QED) is 0.688. The van der Waals surface area contributed by atoms with E-state index in [1.807, 2.05) is 0 Å². The molecule has 1 aromatic carbocycles. The highest BCUT2D eigenvalue weighted by molar-refractivity contribution is 5.93. The summed E-state index contributed by atoms with van der Waals surface area (Å²) >= 11 is 0. The van der Waals surface area contributed by atoms with Gasteiger partial charge in [-0.1, -0.05) is 5.16 Å². The summed E-state index contributed by atoms with van der Waals surface area (Å²) in [6.07, 6.45) is -4.28. The van der Waals surface area contributed by atoms with E-state index in [9.17, 15) is 22.4 Å². The maximum Gasteiger partial charge on any atom is 0.471 e. The van der Waals surface area contributed by atoms with Crippen LogP contribution in [0.4, 0.5) is 17.6 Å². The van der Waals surface area contributed by atoms with Crippen molar-refractivity contribution in [2.75, 3.05) is 13.1 Å². The van der Waals surface area contributed by atoms with Crippen LogP contribution >= 0.6 is 0 Å². The van der Waals surface area contributed by atoms with Gasteiger partial charge >= 0.3 is 12.1 Å². The van der Waals surface area contributed by atoms with Crippen molar-refractivity contribution in [3.05, 3.63) is 53.6 Å². The molecule has 7 nitrogen and oxygen atoms in total. The molecule has 1 atom stereocenters. The lowest BCUT2D eigenvalue weighted by Crippen LogP contribution is -2.28. The highest BCUT2D eigenvalue weighted by Crippen LogP contribution is 2.31. The maximum absolute atomic E-state index is 13.0. The van der Waals surface area contributed by atoms with Crippen LogP contribution in [0, 0.1) is 5.82 Å². The molecule has 2 aromatic heterocycles. The van der Waals surface area contributed by atoms with Crippen molar-refractivity contribution >= 4 is 5.91 Å². The first kappa shape index (κ1) is 18.1. The molecular weight excluding hydrogens is 382 g/mol. The van der Waals surface area contributed by atoms with Crippen LogP contribution in [0.3, 0.4) is 0 Å². The highest BCUT2D eigenvalue weighted by Gasteiger charge is 2.40. The van der Waals surface area contributed by atoms with E-state index >= 15 is 0 Å². The molecule has 1 amide bonds. The summed E-state index contributed by atoms with van der Waals surface area (Å²) in [5.41, 5.74) is 1.35. The predicted molar refractivity (Wildman–Crippen MR) is 86.5 cm³/mol. The fourth-order valence-electron chi connectivity index (χ4n) is 3.04. The summed E-state index contributed by atoms with van der Waals surface area (Å²) < 4.78 is 55.0. The van der Waals surface area contributed by atoms with Gasteiger partial charge in [-0.2, -0.15) is 23.3 Å². The van der Waals surface area contributed by atoms with Crippen LogP contribution in [-0.2, 0) is 6.18 Å². The summed E-state index contributed by atoms with van der Waals surface area (Å²) in [6.45, 7) is 0.505. The minimum Gasteiger partial charge on any atom is -0.337 e.